The van der Waals surface area contributed by atoms with E-state index in [9.17, 15) is 18.3 Å². The summed E-state index contributed by atoms with van der Waals surface area (Å²) in [7, 11) is -3.28. The van der Waals surface area contributed by atoms with Crippen LogP contribution in [0.25, 0.3) is 0 Å². The number of hydrogen-bond donors (Lipinski definition) is 2. The molecule has 154 valence electrons. The summed E-state index contributed by atoms with van der Waals surface area (Å²) in [5.41, 5.74) is 0.756. The van der Waals surface area contributed by atoms with Crippen molar-refractivity contribution >= 4 is 37.9 Å². The van der Waals surface area contributed by atoms with Gasteiger partial charge in [-0.15, -0.1) is 0 Å². The number of aliphatic hydroxyl groups is 1. The number of thiazole rings is 1. The zero-order valence-corrected chi connectivity index (χ0v) is 17.4. The molecule has 1 saturated carbocycles. The largest absolute Gasteiger partial charge is 0.391 e. The first kappa shape index (κ1) is 20.0. The Morgan fingerprint density at radius 1 is 1.24 bits per heavy atom. The van der Waals surface area contributed by atoms with Crippen LogP contribution < -0.4 is 5.32 Å². The summed E-state index contributed by atoms with van der Waals surface area (Å²) in [6, 6.07) is 6.35. The molecule has 2 aromatic rings. The fourth-order valence-electron chi connectivity index (χ4n) is 3.14. The van der Waals surface area contributed by atoms with Gasteiger partial charge in [0, 0.05) is 24.8 Å². The zero-order valence-electron chi connectivity index (χ0n) is 15.7. The maximum absolute atomic E-state index is 12.9. The predicted octanol–water partition coefficient (Wildman–Crippen LogP) is 2.01. The average molecular weight is 435 g/mol. The van der Waals surface area contributed by atoms with E-state index in [1.54, 1.807) is 24.3 Å². The number of carbonyl (C=O) groups is 1. The molecule has 10 heteroatoms. The zero-order chi connectivity index (χ0) is 20.4. The normalized spacial score (nSPS) is 17.6. The number of hydrogen-bond acceptors (Lipinski definition) is 8. The number of benzene rings is 1. The molecule has 2 fully saturated rings. The monoisotopic (exact) mass is 434 g/mol. The Labute approximate surface area is 173 Å². The third kappa shape index (κ3) is 4.49. The van der Waals surface area contributed by atoms with Crippen LogP contribution in [0.5, 0.6) is 0 Å². The molecule has 1 aromatic carbocycles. The quantitative estimate of drug-likeness (QED) is 0.645. The van der Waals surface area contributed by atoms with Crippen LogP contribution in [0.15, 0.2) is 40.5 Å². The van der Waals surface area contributed by atoms with Crippen molar-refractivity contribution in [3.8, 4) is 0 Å². The highest BCUT2D eigenvalue weighted by molar-refractivity contribution is 7.92. The number of aliphatic hydroxyl groups excluding tert-OH is 1. The van der Waals surface area contributed by atoms with E-state index in [0.717, 1.165) is 25.9 Å². The van der Waals surface area contributed by atoms with E-state index < -0.39 is 15.7 Å². The SMILES string of the molecule is O=C(Nc1ncc(CO)s1)/C(=N/N1CCCC1)c1ccc(S(=O)(=O)C2CC2)cc1. The maximum atomic E-state index is 12.9. The molecule has 2 heterocycles. The number of amides is 1. The summed E-state index contributed by atoms with van der Waals surface area (Å²) in [6.45, 7) is 1.41. The highest BCUT2D eigenvalue weighted by Crippen LogP contribution is 2.33. The standard InChI is InChI=1S/C19H22N4O4S2/c24-12-14-11-20-19(28-14)21-18(25)17(22-23-9-1-2-10-23)13-3-5-15(6-4-13)29(26,27)16-7-8-16/h3-6,11,16,24H,1-2,7-10,12H2,(H,20,21,25)/b22-17+. The number of sulfone groups is 1. The molecule has 2 N–H and O–H groups in total. The second-order valence-corrected chi connectivity index (χ2v) is 10.5. The molecule has 0 bridgehead atoms. The van der Waals surface area contributed by atoms with Gasteiger partial charge >= 0.3 is 0 Å². The molecule has 1 aliphatic heterocycles. The van der Waals surface area contributed by atoms with Crippen molar-refractivity contribution in [3.63, 3.8) is 0 Å². The van der Waals surface area contributed by atoms with Gasteiger partial charge in [-0.3, -0.25) is 15.1 Å². The van der Waals surface area contributed by atoms with Crippen molar-refractivity contribution in [2.75, 3.05) is 18.4 Å². The molecule has 1 amide bonds. The second kappa shape index (κ2) is 8.21. The maximum Gasteiger partial charge on any atom is 0.278 e. The summed E-state index contributed by atoms with van der Waals surface area (Å²) in [6.07, 6.45) is 4.96. The first-order valence-corrected chi connectivity index (χ1v) is 11.9. The molecule has 8 nitrogen and oxygen atoms in total. The number of nitrogens with zero attached hydrogens (tertiary/aromatic N) is 3. The van der Waals surface area contributed by atoms with Crippen molar-refractivity contribution < 1.29 is 18.3 Å². The van der Waals surface area contributed by atoms with Crippen LogP contribution in [-0.2, 0) is 21.2 Å². The van der Waals surface area contributed by atoms with Crippen molar-refractivity contribution in [2.45, 2.75) is 42.4 Å². The number of carbonyl (C=O) groups excluding carboxylic acids is 1. The van der Waals surface area contributed by atoms with Crippen molar-refractivity contribution in [2.24, 2.45) is 5.10 Å². The van der Waals surface area contributed by atoms with E-state index in [2.05, 4.69) is 15.4 Å². The second-order valence-electron chi connectivity index (χ2n) is 7.12. The van der Waals surface area contributed by atoms with Crippen LogP contribution >= 0.6 is 11.3 Å². The van der Waals surface area contributed by atoms with Gasteiger partial charge in [0.2, 0.25) is 0 Å². The summed E-state index contributed by atoms with van der Waals surface area (Å²) < 4.78 is 24.8. The minimum Gasteiger partial charge on any atom is -0.391 e. The highest BCUT2D eigenvalue weighted by atomic mass is 32.2. The first-order chi connectivity index (χ1) is 14.0. The van der Waals surface area contributed by atoms with E-state index in [-0.39, 0.29) is 22.5 Å². The molecule has 1 aliphatic carbocycles. The van der Waals surface area contributed by atoms with E-state index in [0.29, 0.717) is 28.4 Å². The van der Waals surface area contributed by atoms with Gasteiger partial charge in [0.25, 0.3) is 5.91 Å². The number of anilines is 1. The molecule has 2 aliphatic rings. The van der Waals surface area contributed by atoms with Gasteiger partial charge in [0.1, 0.15) is 0 Å². The van der Waals surface area contributed by atoms with Crippen LogP contribution in [0, 0.1) is 0 Å². The third-order valence-electron chi connectivity index (χ3n) is 4.89. The Kier molecular flexibility index (Phi) is 5.66. The highest BCUT2D eigenvalue weighted by Gasteiger charge is 2.36. The van der Waals surface area contributed by atoms with Crippen LogP contribution in [0.1, 0.15) is 36.1 Å². The van der Waals surface area contributed by atoms with E-state index in [4.69, 9.17) is 0 Å². The fourth-order valence-corrected chi connectivity index (χ4v) is 5.47. The van der Waals surface area contributed by atoms with Gasteiger partial charge in [-0.25, -0.2) is 13.4 Å². The van der Waals surface area contributed by atoms with Crippen molar-refractivity contribution in [1.82, 2.24) is 9.99 Å². The lowest BCUT2D eigenvalue weighted by Crippen LogP contribution is -2.27. The van der Waals surface area contributed by atoms with Gasteiger partial charge in [-0.2, -0.15) is 5.10 Å². The number of rotatable bonds is 7. The van der Waals surface area contributed by atoms with Crippen molar-refractivity contribution in [1.29, 1.82) is 0 Å². The van der Waals surface area contributed by atoms with Crippen molar-refractivity contribution in [3.05, 3.63) is 40.9 Å². The fraction of sp³-hybridized carbons (Fsp3) is 0.421. The molecule has 1 saturated heterocycles. The molecule has 0 unspecified atom stereocenters. The van der Waals surface area contributed by atoms with E-state index in [1.165, 1.54) is 17.5 Å². The molecule has 0 radical (unpaired) electrons. The summed E-state index contributed by atoms with van der Waals surface area (Å²) in [5.74, 6) is -0.423. The number of hydrazone groups is 1. The molecular formula is C19H22N4O4S2. The Morgan fingerprint density at radius 3 is 2.52 bits per heavy atom. The minimum atomic E-state index is -3.28. The smallest absolute Gasteiger partial charge is 0.278 e. The topological polar surface area (TPSA) is 112 Å². The summed E-state index contributed by atoms with van der Waals surface area (Å²) in [5, 5.41) is 18.4. The summed E-state index contributed by atoms with van der Waals surface area (Å²) in [4.78, 5) is 17.9. The van der Waals surface area contributed by atoms with Gasteiger partial charge in [-0.1, -0.05) is 23.5 Å². The minimum absolute atomic E-state index is 0.140. The van der Waals surface area contributed by atoms with Gasteiger partial charge in [0.05, 0.1) is 21.6 Å². The van der Waals surface area contributed by atoms with Crippen LogP contribution in [0.4, 0.5) is 5.13 Å². The number of aromatic nitrogens is 1. The van der Waals surface area contributed by atoms with Crippen LogP contribution in [0.2, 0.25) is 0 Å². The summed E-state index contributed by atoms with van der Waals surface area (Å²) >= 11 is 1.19. The molecule has 1 aromatic heterocycles. The van der Waals surface area contributed by atoms with Crippen LogP contribution in [-0.4, -0.2) is 53.5 Å². The van der Waals surface area contributed by atoms with E-state index >= 15 is 0 Å². The lowest BCUT2D eigenvalue weighted by molar-refractivity contribution is -0.110. The Balaban J connectivity index is 1.60. The van der Waals surface area contributed by atoms with Crippen LogP contribution in [0.3, 0.4) is 0 Å². The third-order valence-corrected chi connectivity index (χ3v) is 8.06. The van der Waals surface area contributed by atoms with Gasteiger partial charge in [0.15, 0.2) is 20.7 Å². The average Bonchev–Trinajstić information content (AvgIpc) is 3.29. The molecule has 0 atom stereocenters. The van der Waals surface area contributed by atoms with Gasteiger partial charge in [-0.05, 0) is 37.8 Å². The molecular weight excluding hydrogens is 412 g/mol. The van der Waals surface area contributed by atoms with Gasteiger partial charge < -0.3 is 5.11 Å². The van der Waals surface area contributed by atoms with E-state index in [1.807, 2.05) is 5.01 Å². The Hall–Kier alpha value is -2.30. The lowest BCUT2D eigenvalue weighted by atomic mass is 10.1. The molecule has 0 spiro atoms. The first-order valence-electron chi connectivity index (χ1n) is 9.52. The number of nitrogens with one attached hydrogen (secondary N) is 1. The molecule has 4 rings (SSSR count). The molecule has 29 heavy (non-hydrogen) atoms. The Bertz CT molecular complexity index is 1020. The predicted molar refractivity (Wildman–Crippen MR) is 111 cm³/mol. The lowest BCUT2D eigenvalue weighted by Gasteiger charge is -2.14. The Morgan fingerprint density at radius 2 is 1.93 bits per heavy atom.